The van der Waals surface area contributed by atoms with E-state index in [0.29, 0.717) is 25.3 Å². The van der Waals surface area contributed by atoms with Crippen molar-refractivity contribution < 1.29 is 4.79 Å². The standard InChI is InChI=1S/C27H30N6O/c34-25(24-20-10-4-5-11-21(20)31-32-24)33-16-14-27(15-17-33)26(28-18-19-8-2-1-3-9-19)29-22-12-6-7-13-23(22)30-27/h1-3,6-9,12-13,30H,4-5,10-11,14-18H2,(H,28,29)(H,31,32). The van der Waals surface area contributed by atoms with Crippen LogP contribution in [0.3, 0.4) is 0 Å². The lowest BCUT2D eigenvalue weighted by Gasteiger charge is -2.45. The van der Waals surface area contributed by atoms with E-state index in [9.17, 15) is 4.79 Å². The highest BCUT2D eigenvalue weighted by Gasteiger charge is 2.43. The van der Waals surface area contributed by atoms with E-state index < -0.39 is 0 Å². The van der Waals surface area contributed by atoms with Crippen molar-refractivity contribution in [3.05, 3.63) is 77.1 Å². The zero-order valence-electron chi connectivity index (χ0n) is 19.3. The van der Waals surface area contributed by atoms with Crippen molar-refractivity contribution in [3.63, 3.8) is 0 Å². The number of benzene rings is 2. The van der Waals surface area contributed by atoms with Gasteiger partial charge in [-0.25, -0.2) is 4.99 Å². The number of nitrogens with one attached hydrogen (secondary N) is 3. The highest BCUT2D eigenvalue weighted by molar-refractivity contribution is 6.01. The van der Waals surface area contributed by atoms with Crippen LogP contribution in [0.25, 0.3) is 0 Å². The fraction of sp³-hybridized carbons (Fsp3) is 0.370. The van der Waals surface area contributed by atoms with Gasteiger partial charge in [0.05, 0.1) is 16.9 Å². The predicted octanol–water partition coefficient (Wildman–Crippen LogP) is 4.21. The molecule has 1 amide bonds. The second-order valence-electron chi connectivity index (χ2n) is 9.55. The summed E-state index contributed by atoms with van der Waals surface area (Å²) in [5, 5.41) is 14.9. The molecule has 3 N–H and O–H groups in total. The molecule has 0 atom stereocenters. The number of H-pyrrole nitrogens is 1. The first-order valence-corrected chi connectivity index (χ1v) is 12.3. The van der Waals surface area contributed by atoms with Gasteiger partial charge >= 0.3 is 0 Å². The highest BCUT2D eigenvalue weighted by atomic mass is 16.2. The van der Waals surface area contributed by atoms with Gasteiger partial charge in [0.1, 0.15) is 5.84 Å². The van der Waals surface area contributed by atoms with Crippen molar-refractivity contribution in [2.45, 2.75) is 50.6 Å². The largest absolute Gasteiger partial charge is 0.371 e. The lowest BCUT2D eigenvalue weighted by atomic mass is 9.84. The molecule has 7 nitrogen and oxygen atoms in total. The van der Waals surface area contributed by atoms with Gasteiger partial charge in [0.15, 0.2) is 5.69 Å². The number of para-hydroxylation sites is 2. The summed E-state index contributed by atoms with van der Waals surface area (Å²) in [6.07, 6.45) is 5.82. The van der Waals surface area contributed by atoms with Crippen LogP contribution in [0.4, 0.5) is 11.4 Å². The van der Waals surface area contributed by atoms with E-state index in [1.807, 2.05) is 29.2 Å². The summed E-state index contributed by atoms with van der Waals surface area (Å²) in [5.41, 5.74) is 5.81. The molecule has 1 spiro atoms. The number of hydrogen-bond donors (Lipinski definition) is 3. The molecule has 7 heteroatoms. The SMILES string of the molecule is O=C(c1n[nH]c2c1CCCC2)N1CCC2(CC1)Nc1ccccc1N=C2NCc1ccccc1. The lowest BCUT2D eigenvalue weighted by Crippen LogP contribution is -2.59. The minimum absolute atomic E-state index is 0.0567. The van der Waals surface area contributed by atoms with Gasteiger partial charge in [0.25, 0.3) is 5.91 Å². The molecule has 2 aromatic carbocycles. The van der Waals surface area contributed by atoms with Crippen molar-refractivity contribution in [3.8, 4) is 0 Å². The molecule has 3 aliphatic rings. The number of aliphatic imine (C=N–C) groups is 1. The zero-order valence-corrected chi connectivity index (χ0v) is 19.3. The molecule has 1 aliphatic carbocycles. The Morgan fingerprint density at radius 3 is 2.62 bits per heavy atom. The molecule has 0 radical (unpaired) electrons. The first-order chi connectivity index (χ1) is 16.7. The Morgan fingerprint density at radius 1 is 1.00 bits per heavy atom. The summed E-state index contributed by atoms with van der Waals surface area (Å²) in [5.74, 6) is 1.01. The van der Waals surface area contributed by atoms with Crippen molar-refractivity contribution in [1.29, 1.82) is 0 Å². The van der Waals surface area contributed by atoms with Crippen molar-refractivity contribution in [2.75, 3.05) is 18.4 Å². The predicted molar refractivity (Wildman–Crippen MR) is 134 cm³/mol. The van der Waals surface area contributed by atoms with Gasteiger partial charge in [-0.15, -0.1) is 0 Å². The molecule has 3 heterocycles. The summed E-state index contributed by atoms with van der Waals surface area (Å²) in [6, 6.07) is 18.6. The topological polar surface area (TPSA) is 85.4 Å². The lowest BCUT2D eigenvalue weighted by molar-refractivity contribution is 0.0696. The second-order valence-corrected chi connectivity index (χ2v) is 9.55. The third-order valence-electron chi connectivity index (χ3n) is 7.43. The molecule has 3 aromatic rings. The van der Waals surface area contributed by atoms with Crippen LogP contribution >= 0.6 is 0 Å². The van der Waals surface area contributed by atoms with E-state index in [0.717, 1.165) is 60.6 Å². The molecular weight excluding hydrogens is 424 g/mol. The molecule has 1 aromatic heterocycles. The molecule has 0 saturated carbocycles. The van der Waals surface area contributed by atoms with E-state index in [1.54, 1.807) is 0 Å². The highest BCUT2D eigenvalue weighted by Crippen LogP contribution is 2.38. The second kappa shape index (κ2) is 8.63. The molecule has 0 unspecified atom stereocenters. The number of aromatic nitrogens is 2. The fourth-order valence-corrected chi connectivity index (χ4v) is 5.47. The van der Waals surface area contributed by atoms with Gasteiger partial charge in [0.2, 0.25) is 0 Å². The smallest absolute Gasteiger partial charge is 0.274 e. The van der Waals surface area contributed by atoms with Crippen LogP contribution in [0, 0.1) is 0 Å². The normalized spacial score (nSPS) is 18.5. The van der Waals surface area contributed by atoms with E-state index in [-0.39, 0.29) is 11.4 Å². The zero-order chi connectivity index (χ0) is 23.0. The number of carbonyl (C=O) groups is 1. The Bertz CT molecular complexity index is 1220. The van der Waals surface area contributed by atoms with Gasteiger partial charge in [-0.1, -0.05) is 42.5 Å². The average molecular weight is 455 g/mol. The van der Waals surface area contributed by atoms with Crippen LogP contribution in [0.15, 0.2) is 59.6 Å². The van der Waals surface area contributed by atoms with Gasteiger partial charge in [-0.2, -0.15) is 5.10 Å². The Balaban J connectivity index is 1.22. The number of likely N-dealkylation sites (tertiary alicyclic amines) is 1. The number of aromatic amines is 1. The monoisotopic (exact) mass is 454 g/mol. The van der Waals surface area contributed by atoms with Crippen LogP contribution in [-0.2, 0) is 19.4 Å². The Labute approximate surface area is 199 Å². The number of piperidine rings is 1. The molecule has 1 saturated heterocycles. The van der Waals surface area contributed by atoms with Crippen molar-refractivity contribution in [1.82, 2.24) is 20.4 Å². The van der Waals surface area contributed by atoms with Gasteiger partial charge < -0.3 is 15.5 Å². The first kappa shape index (κ1) is 21.0. The molecule has 34 heavy (non-hydrogen) atoms. The number of hydrogen-bond acceptors (Lipinski definition) is 5. The van der Waals surface area contributed by atoms with Crippen LogP contribution < -0.4 is 10.6 Å². The van der Waals surface area contributed by atoms with E-state index in [1.165, 1.54) is 12.0 Å². The van der Waals surface area contributed by atoms with Crippen LogP contribution in [-0.4, -0.2) is 45.5 Å². The minimum Gasteiger partial charge on any atom is -0.371 e. The Hall–Kier alpha value is -3.61. The summed E-state index contributed by atoms with van der Waals surface area (Å²) >= 11 is 0. The molecule has 6 rings (SSSR count). The maximum atomic E-state index is 13.4. The van der Waals surface area contributed by atoms with Gasteiger partial charge in [-0.3, -0.25) is 9.89 Å². The minimum atomic E-state index is -0.315. The maximum Gasteiger partial charge on any atom is 0.274 e. The number of rotatable bonds is 3. The number of nitrogens with zero attached hydrogens (tertiary/aromatic N) is 3. The van der Waals surface area contributed by atoms with Crippen LogP contribution in [0.2, 0.25) is 0 Å². The van der Waals surface area contributed by atoms with Gasteiger partial charge in [0, 0.05) is 30.9 Å². The first-order valence-electron chi connectivity index (χ1n) is 12.3. The number of carbonyl (C=O) groups excluding carboxylic acids is 1. The van der Waals surface area contributed by atoms with E-state index in [4.69, 9.17) is 4.99 Å². The number of fused-ring (bicyclic) bond motifs is 2. The number of amidine groups is 1. The quantitative estimate of drug-likeness (QED) is 0.554. The molecular formula is C27H30N6O. The molecule has 1 fully saturated rings. The van der Waals surface area contributed by atoms with Gasteiger partial charge in [-0.05, 0) is 56.2 Å². The van der Waals surface area contributed by atoms with Crippen LogP contribution in [0.1, 0.15) is 53.0 Å². The number of aryl methyl sites for hydroxylation is 1. The van der Waals surface area contributed by atoms with E-state index in [2.05, 4.69) is 51.2 Å². The van der Waals surface area contributed by atoms with Crippen molar-refractivity contribution >= 4 is 23.1 Å². The molecule has 174 valence electrons. The Morgan fingerprint density at radius 2 is 1.76 bits per heavy atom. The molecule has 2 aliphatic heterocycles. The Kier molecular flexibility index (Phi) is 5.32. The summed E-state index contributed by atoms with van der Waals surface area (Å²) in [6.45, 7) is 2.05. The maximum absolute atomic E-state index is 13.4. The van der Waals surface area contributed by atoms with Crippen LogP contribution in [0.5, 0.6) is 0 Å². The fourth-order valence-electron chi connectivity index (χ4n) is 5.47. The average Bonchev–Trinajstić information content (AvgIpc) is 3.32. The molecule has 0 bridgehead atoms. The summed E-state index contributed by atoms with van der Waals surface area (Å²) < 4.78 is 0. The summed E-state index contributed by atoms with van der Waals surface area (Å²) in [4.78, 5) is 20.4. The van der Waals surface area contributed by atoms with Crippen molar-refractivity contribution in [2.24, 2.45) is 4.99 Å². The third kappa shape index (κ3) is 3.75. The number of amides is 1. The van der Waals surface area contributed by atoms with E-state index >= 15 is 0 Å². The summed E-state index contributed by atoms with van der Waals surface area (Å²) in [7, 11) is 0. The number of anilines is 1. The third-order valence-corrected chi connectivity index (χ3v) is 7.43.